The van der Waals surface area contributed by atoms with E-state index in [1.54, 1.807) is 17.5 Å². The Morgan fingerprint density at radius 3 is 2.59 bits per heavy atom. The van der Waals surface area contributed by atoms with Gasteiger partial charge in [-0.3, -0.25) is 9.69 Å². The number of carbonyl (C=O) groups is 1. The summed E-state index contributed by atoms with van der Waals surface area (Å²) < 4.78 is 5.47. The normalized spacial score (nSPS) is 12.1. The minimum absolute atomic E-state index is 0.0254. The summed E-state index contributed by atoms with van der Waals surface area (Å²) in [5.74, 6) is 0.831. The molecular formula is C25H26N4O2S. The highest BCUT2D eigenvalue weighted by Crippen LogP contribution is 2.23. The molecule has 2 aromatic heterocycles. The van der Waals surface area contributed by atoms with E-state index in [2.05, 4.69) is 15.5 Å². The van der Waals surface area contributed by atoms with Crippen LogP contribution in [0.5, 0.6) is 0 Å². The average molecular weight is 447 g/mol. The largest absolute Gasteiger partial charge is 0.361 e. The number of aryl methyl sites for hydroxylation is 1. The van der Waals surface area contributed by atoms with Gasteiger partial charge in [-0.2, -0.15) is 0 Å². The lowest BCUT2D eigenvalue weighted by Crippen LogP contribution is -2.38. The third-order valence-electron chi connectivity index (χ3n) is 5.14. The van der Waals surface area contributed by atoms with E-state index in [9.17, 15) is 4.79 Å². The summed E-state index contributed by atoms with van der Waals surface area (Å²) in [5, 5.41) is 10.1. The van der Waals surface area contributed by atoms with E-state index in [1.807, 2.05) is 84.1 Å². The Hall–Kier alpha value is -3.29. The summed E-state index contributed by atoms with van der Waals surface area (Å²) >= 11 is 1.54. The second kappa shape index (κ2) is 10.8. The lowest BCUT2D eigenvalue weighted by atomic mass is 10.1. The molecule has 2 heterocycles. The Morgan fingerprint density at radius 1 is 1.12 bits per heavy atom. The van der Waals surface area contributed by atoms with Crippen molar-refractivity contribution in [3.05, 3.63) is 94.6 Å². The first kappa shape index (κ1) is 21.9. The lowest BCUT2D eigenvalue weighted by Gasteiger charge is -2.20. The van der Waals surface area contributed by atoms with E-state index in [4.69, 9.17) is 4.52 Å². The van der Waals surface area contributed by atoms with Gasteiger partial charge in [0.15, 0.2) is 0 Å². The Kier molecular flexibility index (Phi) is 7.42. The standard InChI is InChI=1S/C25H26N4O2S/c1-29(15-8-13-21-17-22(28-31-21)19-9-4-2-5-10-19)18-23(30)27-24(25-26-14-16-32-25)20-11-6-3-7-12-20/h2-7,9-12,14,16-17,24H,8,13,15,18H2,1H3,(H,27,30). The molecule has 0 saturated heterocycles. The molecule has 0 bridgehead atoms. The molecule has 0 aliphatic carbocycles. The maximum atomic E-state index is 12.7. The molecule has 1 amide bonds. The van der Waals surface area contributed by atoms with Gasteiger partial charge >= 0.3 is 0 Å². The zero-order chi connectivity index (χ0) is 22.2. The Morgan fingerprint density at radius 2 is 1.88 bits per heavy atom. The number of benzene rings is 2. The molecule has 0 saturated carbocycles. The van der Waals surface area contributed by atoms with E-state index >= 15 is 0 Å². The average Bonchev–Trinajstić information content (AvgIpc) is 3.51. The quantitative estimate of drug-likeness (QED) is 0.386. The number of hydrogen-bond donors (Lipinski definition) is 1. The Bertz CT molecular complexity index is 1100. The van der Waals surface area contributed by atoms with Crippen molar-refractivity contribution < 1.29 is 9.32 Å². The molecule has 2 aromatic carbocycles. The molecule has 0 aliphatic rings. The van der Waals surface area contributed by atoms with Gasteiger partial charge in [-0.25, -0.2) is 4.98 Å². The van der Waals surface area contributed by atoms with Crippen molar-refractivity contribution in [2.45, 2.75) is 18.9 Å². The fraction of sp³-hybridized carbons (Fsp3) is 0.240. The number of aromatic nitrogens is 2. The number of likely N-dealkylation sites (N-methyl/N-ethyl adjacent to an activating group) is 1. The van der Waals surface area contributed by atoms with Crippen LogP contribution in [0.25, 0.3) is 11.3 Å². The summed E-state index contributed by atoms with van der Waals surface area (Å²) in [6.45, 7) is 1.10. The first-order valence-corrected chi connectivity index (χ1v) is 11.5. The van der Waals surface area contributed by atoms with Crippen molar-refractivity contribution in [3.63, 3.8) is 0 Å². The summed E-state index contributed by atoms with van der Waals surface area (Å²) in [6.07, 6.45) is 3.42. The third-order valence-corrected chi connectivity index (χ3v) is 5.98. The molecular weight excluding hydrogens is 420 g/mol. The summed E-state index contributed by atoms with van der Waals surface area (Å²) in [6, 6.07) is 21.7. The van der Waals surface area contributed by atoms with Crippen LogP contribution >= 0.6 is 11.3 Å². The van der Waals surface area contributed by atoms with Gasteiger partial charge in [0.25, 0.3) is 0 Å². The highest BCUT2D eigenvalue weighted by Gasteiger charge is 2.19. The molecule has 1 N–H and O–H groups in total. The first-order valence-electron chi connectivity index (χ1n) is 10.6. The van der Waals surface area contributed by atoms with Crippen molar-refractivity contribution >= 4 is 17.2 Å². The van der Waals surface area contributed by atoms with E-state index in [0.29, 0.717) is 6.54 Å². The minimum atomic E-state index is -0.234. The summed E-state index contributed by atoms with van der Waals surface area (Å²) in [7, 11) is 1.95. The van der Waals surface area contributed by atoms with E-state index in [1.165, 1.54) is 0 Å². The minimum Gasteiger partial charge on any atom is -0.361 e. The van der Waals surface area contributed by atoms with Gasteiger partial charge in [0.05, 0.1) is 6.54 Å². The molecule has 6 nitrogen and oxygen atoms in total. The monoisotopic (exact) mass is 446 g/mol. The molecule has 4 aromatic rings. The van der Waals surface area contributed by atoms with Crippen LogP contribution in [-0.2, 0) is 11.2 Å². The van der Waals surface area contributed by atoms with Gasteiger partial charge in [-0.1, -0.05) is 65.8 Å². The van der Waals surface area contributed by atoms with Crippen LogP contribution in [0, 0.1) is 0 Å². The van der Waals surface area contributed by atoms with Crippen molar-refractivity contribution in [2.75, 3.05) is 20.1 Å². The van der Waals surface area contributed by atoms with Crippen molar-refractivity contribution in [3.8, 4) is 11.3 Å². The van der Waals surface area contributed by atoms with Crippen LogP contribution in [0.1, 0.15) is 28.8 Å². The maximum Gasteiger partial charge on any atom is 0.234 e. The zero-order valence-electron chi connectivity index (χ0n) is 18.0. The second-order valence-corrected chi connectivity index (χ2v) is 8.59. The number of thiazole rings is 1. The first-order chi connectivity index (χ1) is 15.7. The Labute approximate surface area is 191 Å². The predicted molar refractivity (Wildman–Crippen MR) is 126 cm³/mol. The smallest absolute Gasteiger partial charge is 0.234 e. The number of rotatable bonds is 10. The Balaban J connectivity index is 1.26. The SMILES string of the molecule is CN(CCCc1cc(-c2ccccc2)no1)CC(=O)NC(c1ccccc1)c1nccs1. The number of nitrogens with one attached hydrogen (secondary N) is 1. The fourth-order valence-corrected chi connectivity index (χ4v) is 4.25. The highest BCUT2D eigenvalue weighted by atomic mass is 32.1. The van der Waals surface area contributed by atoms with E-state index < -0.39 is 0 Å². The van der Waals surface area contributed by atoms with E-state index in [-0.39, 0.29) is 11.9 Å². The molecule has 0 aliphatic heterocycles. The molecule has 7 heteroatoms. The maximum absolute atomic E-state index is 12.7. The fourth-order valence-electron chi connectivity index (χ4n) is 3.54. The number of amides is 1. The van der Waals surface area contributed by atoms with Gasteiger partial charge in [-0.05, 0) is 25.6 Å². The summed E-state index contributed by atoms with van der Waals surface area (Å²) in [5.41, 5.74) is 2.92. The molecule has 164 valence electrons. The molecule has 1 unspecified atom stereocenters. The second-order valence-electron chi connectivity index (χ2n) is 7.67. The topological polar surface area (TPSA) is 71.3 Å². The van der Waals surface area contributed by atoms with Crippen molar-refractivity contribution in [1.29, 1.82) is 0 Å². The molecule has 0 spiro atoms. The predicted octanol–water partition coefficient (Wildman–Crippen LogP) is 4.57. The third kappa shape index (κ3) is 5.90. The number of nitrogens with zero attached hydrogens (tertiary/aromatic N) is 3. The molecule has 4 rings (SSSR count). The molecule has 0 radical (unpaired) electrons. The van der Waals surface area contributed by atoms with E-state index in [0.717, 1.165) is 47.0 Å². The number of hydrogen-bond acceptors (Lipinski definition) is 6. The van der Waals surface area contributed by atoms with Crippen LogP contribution in [0.4, 0.5) is 0 Å². The zero-order valence-corrected chi connectivity index (χ0v) is 18.8. The lowest BCUT2D eigenvalue weighted by molar-refractivity contribution is -0.122. The summed E-state index contributed by atoms with van der Waals surface area (Å²) in [4.78, 5) is 19.1. The van der Waals surface area contributed by atoms with Crippen LogP contribution < -0.4 is 5.32 Å². The van der Waals surface area contributed by atoms with Gasteiger partial charge in [-0.15, -0.1) is 11.3 Å². The van der Waals surface area contributed by atoms with Crippen molar-refractivity contribution in [2.24, 2.45) is 0 Å². The van der Waals surface area contributed by atoms with Crippen LogP contribution in [0.3, 0.4) is 0 Å². The molecule has 32 heavy (non-hydrogen) atoms. The van der Waals surface area contributed by atoms with Gasteiger partial charge in [0.2, 0.25) is 5.91 Å². The van der Waals surface area contributed by atoms with Crippen LogP contribution in [0.15, 0.2) is 82.8 Å². The van der Waals surface area contributed by atoms with Gasteiger partial charge in [0, 0.05) is 29.6 Å². The van der Waals surface area contributed by atoms with Crippen LogP contribution in [0.2, 0.25) is 0 Å². The van der Waals surface area contributed by atoms with Gasteiger partial charge < -0.3 is 9.84 Å². The van der Waals surface area contributed by atoms with Crippen molar-refractivity contribution in [1.82, 2.24) is 20.4 Å². The highest BCUT2D eigenvalue weighted by molar-refractivity contribution is 7.09. The molecule has 1 atom stereocenters. The van der Waals surface area contributed by atoms with Crippen LogP contribution in [-0.4, -0.2) is 41.1 Å². The molecule has 0 fully saturated rings. The van der Waals surface area contributed by atoms with Gasteiger partial charge in [0.1, 0.15) is 22.5 Å². The number of carbonyl (C=O) groups excluding carboxylic acids is 1.